The molecule has 5 heteroatoms. The predicted molar refractivity (Wildman–Crippen MR) is 68.2 cm³/mol. The Bertz CT molecular complexity index is 596. The Hall–Kier alpha value is -1.88. The zero-order chi connectivity index (χ0) is 14.7. The fourth-order valence-corrected chi connectivity index (χ4v) is 2.03. The quantitative estimate of drug-likeness (QED) is 0.665. The van der Waals surface area contributed by atoms with Gasteiger partial charge in [-0.2, -0.15) is 0 Å². The maximum Gasteiger partial charge on any atom is 0.161 e. The van der Waals surface area contributed by atoms with E-state index in [-0.39, 0.29) is 11.4 Å². The van der Waals surface area contributed by atoms with E-state index < -0.39 is 23.5 Å². The van der Waals surface area contributed by atoms with E-state index in [1.165, 1.54) is 12.1 Å². The number of halogens is 4. The minimum absolute atomic E-state index is 0.0377. The summed E-state index contributed by atoms with van der Waals surface area (Å²) >= 11 is 0. The molecule has 0 radical (unpaired) electrons. The topological polar surface area (TPSA) is 12.0 Å². The van der Waals surface area contributed by atoms with Crippen LogP contribution in [0, 0.1) is 23.3 Å². The third-order valence-electron chi connectivity index (χ3n) is 3.12. The van der Waals surface area contributed by atoms with Gasteiger partial charge in [-0.05, 0) is 37.2 Å². The molecule has 0 heterocycles. The molecule has 0 aliphatic heterocycles. The van der Waals surface area contributed by atoms with Crippen LogP contribution < -0.4 is 5.32 Å². The molecule has 0 aromatic heterocycles. The molecule has 1 nitrogen and oxygen atoms in total. The standard InChI is InChI=1S/C15H13F4N/c1-20-15(6-9-2-4-10(16)5-3-9)11-7-13(18)14(19)8-12(11)17/h2-5,7-8,15,20H,6H2,1H3. The zero-order valence-corrected chi connectivity index (χ0v) is 10.8. The van der Waals surface area contributed by atoms with Crippen molar-refractivity contribution in [2.75, 3.05) is 7.05 Å². The van der Waals surface area contributed by atoms with Crippen LogP contribution in [0.1, 0.15) is 17.2 Å². The van der Waals surface area contributed by atoms with Gasteiger partial charge in [0.15, 0.2) is 11.6 Å². The third-order valence-corrected chi connectivity index (χ3v) is 3.12. The highest BCUT2D eigenvalue weighted by Gasteiger charge is 2.18. The van der Waals surface area contributed by atoms with Crippen LogP contribution in [-0.4, -0.2) is 7.05 Å². The first-order chi connectivity index (χ1) is 9.51. The normalized spacial score (nSPS) is 12.4. The average molecular weight is 283 g/mol. The van der Waals surface area contributed by atoms with Crippen LogP contribution in [0.2, 0.25) is 0 Å². The van der Waals surface area contributed by atoms with Crippen molar-refractivity contribution in [1.29, 1.82) is 0 Å². The van der Waals surface area contributed by atoms with Crippen LogP contribution >= 0.6 is 0 Å². The van der Waals surface area contributed by atoms with E-state index in [9.17, 15) is 17.6 Å². The Morgan fingerprint density at radius 1 is 0.900 bits per heavy atom. The molecular formula is C15H13F4N. The first-order valence-corrected chi connectivity index (χ1v) is 6.07. The fraction of sp³-hybridized carbons (Fsp3) is 0.200. The molecule has 0 aliphatic carbocycles. The van der Waals surface area contributed by atoms with Gasteiger partial charge in [0.25, 0.3) is 0 Å². The molecule has 0 fully saturated rings. The summed E-state index contributed by atoms with van der Waals surface area (Å²) in [5.41, 5.74) is 0.797. The van der Waals surface area contributed by atoms with Crippen LogP contribution in [0.5, 0.6) is 0 Å². The molecule has 2 aromatic rings. The van der Waals surface area contributed by atoms with Crippen molar-refractivity contribution in [2.45, 2.75) is 12.5 Å². The van der Waals surface area contributed by atoms with Crippen molar-refractivity contribution in [3.05, 3.63) is 70.8 Å². The zero-order valence-electron chi connectivity index (χ0n) is 10.8. The van der Waals surface area contributed by atoms with Gasteiger partial charge in [0, 0.05) is 17.7 Å². The van der Waals surface area contributed by atoms with Gasteiger partial charge in [0.05, 0.1) is 0 Å². The molecule has 0 bridgehead atoms. The number of benzene rings is 2. The minimum atomic E-state index is -1.22. The largest absolute Gasteiger partial charge is 0.313 e. The highest BCUT2D eigenvalue weighted by Crippen LogP contribution is 2.23. The van der Waals surface area contributed by atoms with E-state index in [0.29, 0.717) is 12.5 Å². The molecule has 106 valence electrons. The molecule has 2 rings (SSSR count). The van der Waals surface area contributed by atoms with Gasteiger partial charge in [-0.25, -0.2) is 17.6 Å². The Labute approximate surface area is 114 Å². The molecule has 0 saturated heterocycles. The number of hydrogen-bond acceptors (Lipinski definition) is 1. The molecule has 0 amide bonds. The predicted octanol–water partition coefficient (Wildman–Crippen LogP) is 3.75. The molecule has 0 aliphatic rings. The van der Waals surface area contributed by atoms with Crippen molar-refractivity contribution in [3.63, 3.8) is 0 Å². The summed E-state index contributed by atoms with van der Waals surface area (Å²) < 4.78 is 52.7. The Balaban J connectivity index is 2.28. The minimum Gasteiger partial charge on any atom is -0.313 e. The average Bonchev–Trinajstić information content (AvgIpc) is 2.43. The number of nitrogens with one attached hydrogen (secondary N) is 1. The van der Waals surface area contributed by atoms with E-state index >= 15 is 0 Å². The lowest BCUT2D eigenvalue weighted by Gasteiger charge is -2.18. The van der Waals surface area contributed by atoms with E-state index in [2.05, 4.69) is 5.32 Å². The second kappa shape index (κ2) is 6.05. The third kappa shape index (κ3) is 3.17. The van der Waals surface area contributed by atoms with Crippen molar-refractivity contribution in [2.24, 2.45) is 0 Å². The molecule has 1 atom stereocenters. The smallest absolute Gasteiger partial charge is 0.161 e. The summed E-state index contributed by atoms with van der Waals surface area (Å²) in [6.45, 7) is 0. The van der Waals surface area contributed by atoms with Crippen LogP contribution in [0.25, 0.3) is 0 Å². The molecule has 2 aromatic carbocycles. The highest BCUT2D eigenvalue weighted by atomic mass is 19.2. The summed E-state index contributed by atoms with van der Waals surface area (Å²) in [6.07, 6.45) is 0.332. The van der Waals surface area contributed by atoms with Gasteiger partial charge >= 0.3 is 0 Å². The van der Waals surface area contributed by atoms with E-state index in [0.717, 1.165) is 11.6 Å². The van der Waals surface area contributed by atoms with Crippen molar-refractivity contribution in [1.82, 2.24) is 5.32 Å². The Kier molecular flexibility index (Phi) is 4.39. The monoisotopic (exact) mass is 283 g/mol. The second-order valence-electron chi connectivity index (χ2n) is 4.46. The van der Waals surface area contributed by atoms with Gasteiger partial charge in [-0.1, -0.05) is 12.1 Å². The first-order valence-electron chi connectivity index (χ1n) is 6.07. The number of hydrogen-bond donors (Lipinski definition) is 1. The van der Waals surface area contributed by atoms with Crippen molar-refractivity contribution < 1.29 is 17.6 Å². The van der Waals surface area contributed by atoms with Crippen LogP contribution in [-0.2, 0) is 6.42 Å². The highest BCUT2D eigenvalue weighted by molar-refractivity contribution is 5.26. The Morgan fingerprint density at radius 2 is 1.50 bits per heavy atom. The summed E-state index contributed by atoms with van der Waals surface area (Å²) in [4.78, 5) is 0. The Morgan fingerprint density at radius 3 is 2.10 bits per heavy atom. The first kappa shape index (κ1) is 14.5. The SMILES string of the molecule is CNC(Cc1ccc(F)cc1)c1cc(F)c(F)cc1F. The van der Waals surface area contributed by atoms with Crippen LogP contribution in [0.4, 0.5) is 17.6 Å². The lowest BCUT2D eigenvalue weighted by molar-refractivity contribution is 0.474. The van der Waals surface area contributed by atoms with Crippen molar-refractivity contribution >= 4 is 0 Å². The molecular weight excluding hydrogens is 270 g/mol. The number of likely N-dealkylation sites (N-methyl/N-ethyl adjacent to an activating group) is 1. The lowest BCUT2D eigenvalue weighted by atomic mass is 9.98. The molecule has 1 unspecified atom stereocenters. The van der Waals surface area contributed by atoms with Gasteiger partial charge in [-0.3, -0.25) is 0 Å². The summed E-state index contributed by atoms with van der Waals surface area (Å²) in [5.74, 6) is -3.50. The number of rotatable bonds is 4. The van der Waals surface area contributed by atoms with E-state index in [1.807, 2.05) is 0 Å². The molecule has 20 heavy (non-hydrogen) atoms. The van der Waals surface area contributed by atoms with Gasteiger partial charge in [0.2, 0.25) is 0 Å². The van der Waals surface area contributed by atoms with Crippen molar-refractivity contribution in [3.8, 4) is 0 Å². The summed E-state index contributed by atoms with van der Waals surface area (Å²) in [7, 11) is 1.59. The van der Waals surface area contributed by atoms with Gasteiger partial charge in [0.1, 0.15) is 11.6 Å². The second-order valence-corrected chi connectivity index (χ2v) is 4.46. The maximum atomic E-state index is 13.7. The van der Waals surface area contributed by atoms with Gasteiger partial charge < -0.3 is 5.32 Å². The van der Waals surface area contributed by atoms with Crippen LogP contribution in [0.3, 0.4) is 0 Å². The maximum absolute atomic E-state index is 13.7. The van der Waals surface area contributed by atoms with Gasteiger partial charge in [-0.15, -0.1) is 0 Å². The molecule has 0 spiro atoms. The lowest BCUT2D eigenvalue weighted by Crippen LogP contribution is -2.20. The summed E-state index contributed by atoms with van der Waals surface area (Å²) in [5, 5.41) is 2.85. The molecule has 1 N–H and O–H groups in total. The van der Waals surface area contributed by atoms with E-state index in [4.69, 9.17) is 0 Å². The fourth-order valence-electron chi connectivity index (χ4n) is 2.03. The van der Waals surface area contributed by atoms with Crippen LogP contribution in [0.15, 0.2) is 36.4 Å². The van der Waals surface area contributed by atoms with E-state index in [1.54, 1.807) is 19.2 Å². The summed E-state index contributed by atoms with van der Waals surface area (Å²) in [6, 6.07) is 6.56. The molecule has 0 saturated carbocycles.